The molecule has 0 N–H and O–H groups in total. The van der Waals surface area contributed by atoms with E-state index in [1.807, 2.05) is 20.8 Å². The summed E-state index contributed by atoms with van der Waals surface area (Å²) in [5.74, 6) is -10.3. The Morgan fingerprint density at radius 3 is 1.28 bits per heavy atom. The fraction of sp³-hybridized carbons (Fsp3) is 0.500. The third-order valence-electron chi connectivity index (χ3n) is 9.87. The van der Waals surface area contributed by atoms with Gasteiger partial charge < -0.3 is 28.4 Å². The van der Waals surface area contributed by atoms with Crippen molar-refractivity contribution in [2.24, 2.45) is 5.41 Å². The Morgan fingerprint density at radius 2 is 0.870 bits per heavy atom. The lowest BCUT2D eigenvalue weighted by Gasteiger charge is -2.46. The number of Topliss-reactive ketones (excluding diaryl/α,β-unsaturated/α-hetero) is 2. The van der Waals surface area contributed by atoms with Gasteiger partial charge in [0, 0.05) is 51.9 Å². The van der Waals surface area contributed by atoms with Gasteiger partial charge in [0.2, 0.25) is 0 Å². The average molecular weight is 749 g/mol. The molecule has 0 aromatic carbocycles. The molecule has 0 amide bonds. The molecule has 5 rings (SSSR count). The highest BCUT2D eigenvalue weighted by molar-refractivity contribution is 6.22. The number of cyclic esters (lactones) is 2. The summed E-state index contributed by atoms with van der Waals surface area (Å²) in [6.07, 6.45) is 14.3. The number of carbonyl (C=O) groups is 8. The van der Waals surface area contributed by atoms with Crippen LogP contribution in [-0.4, -0.2) is 64.7 Å². The van der Waals surface area contributed by atoms with Gasteiger partial charge in [0.1, 0.15) is 16.7 Å². The smallest absolute Gasteiger partial charge is 0.348 e. The average Bonchev–Trinajstić information content (AvgIpc) is 3.06. The topological polar surface area (TPSA) is 192 Å². The van der Waals surface area contributed by atoms with Crippen LogP contribution in [0, 0.1) is 5.41 Å². The molecule has 0 aromatic heterocycles. The summed E-state index contributed by atoms with van der Waals surface area (Å²) in [5, 5.41) is 0. The third-order valence-corrected chi connectivity index (χ3v) is 9.87. The van der Waals surface area contributed by atoms with E-state index >= 15 is 0 Å². The van der Waals surface area contributed by atoms with Gasteiger partial charge in [0.15, 0.2) is 11.6 Å². The maximum atomic E-state index is 12.9. The lowest BCUT2D eigenvalue weighted by molar-refractivity contribution is -0.291. The zero-order valence-electron chi connectivity index (χ0n) is 30.8. The predicted octanol–water partition coefficient (Wildman–Crippen LogP) is 5.11. The van der Waals surface area contributed by atoms with E-state index in [1.165, 1.54) is 49.5 Å². The first-order valence-corrected chi connectivity index (χ1v) is 18.2. The first-order chi connectivity index (χ1) is 25.5. The summed E-state index contributed by atoms with van der Waals surface area (Å²) in [4.78, 5) is 101. The molecule has 14 heteroatoms. The minimum Gasteiger partial charge on any atom is -0.419 e. The highest BCUT2D eigenvalue weighted by Crippen LogP contribution is 2.45. The van der Waals surface area contributed by atoms with Crippen molar-refractivity contribution in [1.29, 1.82) is 0 Å². The van der Waals surface area contributed by atoms with E-state index in [1.54, 1.807) is 6.08 Å². The summed E-state index contributed by atoms with van der Waals surface area (Å²) in [6, 6.07) is 0. The number of rotatable bonds is 10. The zero-order chi connectivity index (χ0) is 39.3. The van der Waals surface area contributed by atoms with Crippen LogP contribution in [0.5, 0.6) is 0 Å². The van der Waals surface area contributed by atoms with Crippen LogP contribution in [-0.2, 0) is 66.8 Å². The van der Waals surface area contributed by atoms with E-state index in [0.29, 0.717) is 25.7 Å². The molecule has 2 saturated carbocycles. The quantitative estimate of drug-likeness (QED) is 0.124. The summed E-state index contributed by atoms with van der Waals surface area (Å²) in [6.45, 7) is 7.34. The molecule has 5 aliphatic rings. The second-order valence-corrected chi connectivity index (χ2v) is 14.5. The van der Waals surface area contributed by atoms with Crippen molar-refractivity contribution in [3.8, 4) is 0 Å². The number of allylic oxidation sites excluding steroid dienone is 9. The highest BCUT2D eigenvalue weighted by Gasteiger charge is 2.56. The largest absolute Gasteiger partial charge is 0.419 e. The molecule has 5 fully saturated rings. The molecule has 288 valence electrons. The highest BCUT2D eigenvalue weighted by atomic mass is 16.8. The Bertz CT molecular complexity index is 1740. The zero-order valence-corrected chi connectivity index (χ0v) is 30.8. The van der Waals surface area contributed by atoms with Crippen LogP contribution in [0.3, 0.4) is 0 Å². The molecule has 2 aliphatic carbocycles. The van der Waals surface area contributed by atoms with Crippen molar-refractivity contribution in [3.63, 3.8) is 0 Å². The van der Waals surface area contributed by atoms with E-state index in [2.05, 4.69) is 0 Å². The molecule has 0 bridgehead atoms. The van der Waals surface area contributed by atoms with E-state index in [0.717, 1.165) is 12.8 Å². The van der Waals surface area contributed by atoms with Crippen molar-refractivity contribution < 1.29 is 66.8 Å². The Labute approximate surface area is 312 Å². The molecule has 0 aromatic rings. The first kappa shape index (κ1) is 39.8. The molecule has 3 saturated heterocycles. The van der Waals surface area contributed by atoms with Gasteiger partial charge >= 0.3 is 35.8 Å². The first-order valence-electron chi connectivity index (χ1n) is 18.2. The van der Waals surface area contributed by atoms with Crippen LogP contribution in [0.4, 0.5) is 0 Å². The van der Waals surface area contributed by atoms with Crippen LogP contribution in [0.1, 0.15) is 105 Å². The minimum atomic E-state index is -1.65. The van der Waals surface area contributed by atoms with Gasteiger partial charge in [-0.1, -0.05) is 63.6 Å². The lowest BCUT2D eigenvalue weighted by Crippen LogP contribution is -2.56. The maximum absolute atomic E-state index is 12.9. The molecule has 2 spiro atoms. The van der Waals surface area contributed by atoms with Gasteiger partial charge in [0.05, 0.1) is 5.57 Å². The molecule has 3 aliphatic heterocycles. The van der Waals surface area contributed by atoms with Crippen molar-refractivity contribution in [2.75, 3.05) is 0 Å². The van der Waals surface area contributed by atoms with Crippen LogP contribution < -0.4 is 0 Å². The second kappa shape index (κ2) is 15.9. The van der Waals surface area contributed by atoms with Crippen LogP contribution in [0.25, 0.3) is 0 Å². The molecule has 54 heavy (non-hydrogen) atoms. The van der Waals surface area contributed by atoms with E-state index in [-0.39, 0.29) is 77.8 Å². The standard InChI is InChI=1S/C40H44O14/c1-5-17-37(3)23-29(41)25(30(42)24-37)13-9-7-10-15-27-33(45)51-39(52-34(27)46)19-21-40(22-20-39)53-35(47)28(36(48)54-40)16-12-8-11-14-26-31(43)49-38(4,18-6-2)50-32(26)44/h7-9,12-16H,5-6,10-11,17-24H2,1-4H3. The third kappa shape index (κ3) is 8.86. The lowest BCUT2D eigenvalue weighted by atomic mass is 9.70. The van der Waals surface area contributed by atoms with E-state index in [9.17, 15) is 38.4 Å². The fourth-order valence-electron chi connectivity index (χ4n) is 7.16. The number of esters is 6. The van der Waals surface area contributed by atoms with E-state index < -0.39 is 53.2 Å². The Morgan fingerprint density at radius 1 is 0.500 bits per heavy atom. The van der Waals surface area contributed by atoms with Crippen molar-refractivity contribution in [1.82, 2.24) is 0 Å². The molecule has 0 radical (unpaired) electrons. The van der Waals surface area contributed by atoms with Crippen molar-refractivity contribution >= 4 is 47.4 Å². The van der Waals surface area contributed by atoms with Gasteiger partial charge in [-0.2, -0.15) is 0 Å². The number of hydrogen-bond donors (Lipinski definition) is 0. The molecule has 3 heterocycles. The number of ether oxygens (including phenoxy) is 6. The summed E-state index contributed by atoms with van der Waals surface area (Å²) in [7, 11) is 0. The number of carbonyl (C=O) groups excluding carboxylic acids is 8. The van der Waals surface area contributed by atoms with Gasteiger partial charge in [-0.15, -0.1) is 0 Å². The molecule has 14 nitrogen and oxygen atoms in total. The van der Waals surface area contributed by atoms with Crippen LogP contribution in [0.15, 0.2) is 70.9 Å². The predicted molar refractivity (Wildman–Crippen MR) is 186 cm³/mol. The van der Waals surface area contributed by atoms with Gasteiger partial charge in [-0.25, -0.2) is 28.8 Å². The summed E-state index contributed by atoms with van der Waals surface area (Å²) >= 11 is 0. The summed E-state index contributed by atoms with van der Waals surface area (Å²) in [5.41, 5.74) is -1.16. The molecule has 0 unspecified atom stereocenters. The second-order valence-electron chi connectivity index (χ2n) is 14.5. The van der Waals surface area contributed by atoms with E-state index in [4.69, 9.17) is 28.4 Å². The number of hydrogen-bond acceptors (Lipinski definition) is 14. The number of ketones is 2. The van der Waals surface area contributed by atoms with Crippen LogP contribution in [0.2, 0.25) is 0 Å². The van der Waals surface area contributed by atoms with Gasteiger partial charge in [-0.3, -0.25) is 9.59 Å². The van der Waals surface area contributed by atoms with Gasteiger partial charge in [-0.05, 0) is 43.3 Å². The monoisotopic (exact) mass is 748 g/mol. The Kier molecular flexibility index (Phi) is 11.7. The normalized spacial score (nSPS) is 30.3. The molecule has 0 atom stereocenters. The summed E-state index contributed by atoms with van der Waals surface area (Å²) < 4.78 is 32.6. The maximum Gasteiger partial charge on any atom is 0.348 e. The fourth-order valence-corrected chi connectivity index (χ4v) is 7.16. The Hall–Kier alpha value is -5.40. The SMILES string of the molecule is CCCC1(C)CC(=O)C(=CC=CCC=C2C(=O)OC3(CCC4(CC3)OC(=O)C(=CC=CCC=C3C(=O)OC(C)(CCC)OC3=O)C(=O)O4)OC2=O)C(=O)C1. The Balaban J connectivity index is 1.11. The van der Waals surface area contributed by atoms with Gasteiger partial charge in [0.25, 0.3) is 17.4 Å². The van der Waals surface area contributed by atoms with Crippen molar-refractivity contribution in [3.05, 3.63) is 70.9 Å². The minimum absolute atomic E-state index is 0.0797. The molecular formula is C40H44O14. The molecular weight excluding hydrogens is 704 g/mol. The van der Waals surface area contributed by atoms with Crippen LogP contribution >= 0.6 is 0 Å². The van der Waals surface area contributed by atoms with Crippen molar-refractivity contribution in [2.45, 2.75) is 122 Å².